The lowest BCUT2D eigenvalue weighted by Gasteiger charge is -2.27. The van der Waals surface area contributed by atoms with Crippen molar-refractivity contribution in [2.75, 3.05) is 26.7 Å². The topological polar surface area (TPSA) is 38.5 Å². The Kier molecular flexibility index (Phi) is 4.32. The van der Waals surface area contributed by atoms with E-state index in [-0.39, 0.29) is 18.0 Å². The van der Waals surface area contributed by atoms with Gasteiger partial charge in [0.1, 0.15) is 5.82 Å². The minimum atomic E-state index is -0.159. The summed E-state index contributed by atoms with van der Waals surface area (Å²) in [5.41, 5.74) is 7.48. The van der Waals surface area contributed by atoms with Crippen LogP contribution in [0, 0.1) is 12.7 Å². The number of hydrogen-bond acceptors (Lipinski definition) is 3. The molecule has 1 heterocycles. The van der Waals surface area contributed by atoms with E-state index in [9.17, 15) is 4.39 Å². The van der Waals surface area contributed by atoms with E-state index in [2.05, 4.69) is 4.90 Å². The van der Waals surface area contributed by atoms with Crippen LogP contribution >= 0.6 is 0 Å². The van der Waals surface area contributed by atoms with Gasteiger partial charge in [0.25, 0.3) is 0 Å². The third-order valence-corrected chi connectivity index (χ3v) is 3.75. The van der Waals surface area contributed by atoms with E-state index in [4.69, 9.17) is 10.5 Å². The van der Waals surface area contributed by atoms with Crippen LogP contribution in [0.15, 0.2) is 18.2 Å². The highest BCUT2D eigenvalue weighted by Crippen LogP contribution is 2.26. The molecule has 2 unspecified atom stereocenters. The molecule has 3 nitrogen and oxygen atoms in total. The predicted molar refractivity (Wildman–Crippen MR) is 69.9 cm³/mol. The fourth-order valence-electron chi connectivity index (χ4n) is 2.54. The zero-order chi connectivity index (χ0) is 13.1. The van der Waals surface area contributed by atoms with Gasteiger partial charge in [-0.1, -0.05) is 12.1 Å². The van der Waals surface area contributed by atoms with Gasteiger partial charge in [-0.2, -0.15) is 0 Å². The Bertz CT molecular complexity index is 411. The quantitative estimate of drug-likeness (QED) is 0.889. The SMILES string of the molecule is COC1CCN(C(CN)c2ccc(C)c(F)c2)C1. The van der Waals surface area contributed by atoms with Crippen molar-refractivity contribution in [1.82, 2.24) is 4.90 Å². The van der Waals surface area contributed by atoms with Gasteiger partial charge in [-0.15, -0.1) is 0 Å². The van der Waals surface area contributed by atoms with Gasteiger partial charge < -0.3 is 10.5 Å². The number of benzene rings is 1. The molecule has 1 saturated heterocycles. The first-order valence-electron chi connectivity index (χ1n) is 6.38. The molecule has 0 aliphatic carbocycles. The standard InChI is InChI=1S/C14H21FN2O/c1-10-3-4-11(7-13(10)15)14(8-16)17-6-5-12(9-17)18-2/h3-4,7,12,14H,5-6,8-9,16H2,1-2H3. The Balaban J connectivity index is 2.15. The molecule has 1 aliphatic heterocycles. The van der Waals surface area contributed by atoms with Crippen molar-refractivity contribution in [1.29, 1.82) is 0 Å². The molecule has 1 fully saturated rings. The minimum absolute atomic E-state index is 0.0836. The average molecular weight is 252 g/mol. The zero-order valence-corrected chi connectivity index (χ0v) is 11.0. The van der Waals surface area contributed by atoms with Crippen LogP contribution in [0.5, 0.6) is 0 Å². The number of aryl methyl sites for hydroxylation is 1. The number of nitrogens with two attached hydrogens (primary N) is 1. The molecule has 1 aromatic carbocycles. The van der Waals surface area contributed by atoms with E-state index in [1.165, 1.54) is 0 Å². The Morgan fingerprint density at radius 1 is 1.56 bits per heavy atom. The smallest absolute Gasteiger partial charge is 0.126 e. The molecule has 0 radical (unpaired) electrons. The first-order chi connectivity index (χ1) is 8.65. The Morgan fingerprint density at radius 2 is 2.33 bits per heavy atom. The molecule has 1 aromatic rings. The molecule has 2 N–H and O–H groups in total. The number of likely N-dealkylation sites (tertiary alicyclic amines) is 1. The largest absolute Gasteiger partial charge is 0.380 e. The fourth-order valence-corrected chi connectivity index (χ4v) is 2.54. The maximum atomic E-state index is 13.6. The molecule has 0 spiro atoms. The molecule has 0 aromatic heterocycles. The second-order valence-corrected chi connectivity index (χ2v) is 4.90. The van der Waals surface area contributed by atoms with Crippen molar-refractivity contribution < 1.29 is 9.13 Å². The molecule has 2 atom stereocenters. The van der Waals surface area contributed by atoms with E-state index in [1.54, 1.807) is 20.1 Å². The van der Waals surface area contributed by atoms with Crippen molar-refractivity contribution in [3.8, 4) is 0 Å². The second-order valence-electron chi connectivity index (χ2n) is 4.90. The summed E-state index contributed by atoms with van der Waals surface area (Å²) in [6, 6.07) is 5.47. The molecule has 18 heavy (non-hydrogen) atoms. The van der Waals surface area contributed by atoms with Gasteiger partial charge in [0.15, 0.2) is 0 Å². The van der Waals surface area contributed by atoms with Gasteiger partial charge in [-0.25, -0.2) is 4.39 Å². The predicted octanol–water partition coefficient (Wildman–Crippen LogP) is 1.85. The summed E-state index contributed by atoms with van der Waals surface area (Å²) < 4.78 is 19.0. The Morgan fingerprint density at radius 3 is 2.89 bits per heavy atom. The zero-order valence-electron chi connectivity index (χ0n) is 11.0. The number of hydrogen-bond donors (Lipinski definition) is 1. The molecular formula is C14H21FN2O. The van der Waals surface area contributed by atoms with Crippen LogP contribution in [0.25, 0.3) is 0 Å². The van der Waals surface area contributed by atoms with Crippen LogP contribution in [0.4, 0.5) is 4.39 Å². The minimum Gasteiger partial charge on any atom is -0.380 e. The number of halogens is 1. The lowest BCUT2D eigenvalue weighted by molar-refractivity contribution is 0.101. The summed E-state index contributed by atoms with van der Waals surface area (Å²) in [7, 11) is 1.73. The average Bonchev–Trinajstić information content (AvgIpc) is 2.83. The van der Waals surface area contributed by atoms with E-state index in [0.29, 0.717) is 12.1 Å². The lowest BCUT2D eigenvalue weighted by atomic mass is 10.0. The fraction of sp³-hybridized carbons (Fsp3) is 0.571. The number of methoxy groups -OCH3 is 1. The number of ether oxygens (including phenoxy) is 1. The maximum Gasteiger partial charge on any atom is 0.126 e. The first kappa shape index (κ1) is 13.5. The van der Waals surface area contributed by atoms with Crippen molar-refractivity contribution in [2.45, 2.75) is 25.5 Å². The van der Waals surface area contributed by atoms with Crippen LogP contribution in [-0.4, -0.2) is 37.7 Å². The number of nitrogens with zero attached hydrogens (tertiary/aromatic N) is 1. The molecule has 0 amide bonds. The van der Waals surface area contributed by atoms with E-state index < -0.39 is 0 Å². The maximum absolute atomic E-state index is 13.6. The third-order valence-electron chi connectivity index (χ3n) is 3.75. The molecule has 0 saturated carbocycles. The first-order valence-corrected chi connectivity index (χ1v) is 6.38. The summed E-state index contributed by atoms with van der Waals surface area (Å²) in [6.45, 7) is 4.09. The molecule has 2 rings (SSSR count). The molecule has 4 heteroatoms. The van der Waals surface area contributed by atoms with Gasteiger partial charge in [-0.05, 0) is 30.5 Å². The second kappa shape index (κ2) is 5.78. The Labute approximate surface area is 108 Å². The highest BCUT2D eigenvalue weighted by atomic mass is 19.1. The normalized spacial score (nSPS) is 22.3. The summed E-state index contributed by atoms with van der Waals surface area (Å²) in [4.78, 5) is 2.28. The van der Waals surface area contributed by atoms with Crippen molar-refractivity contribution in [2.24, 2.45) is 5.73 Å². The summed E-state index contributed by atoms with van der Waals surface area (Å²) >= 11 is 0. The third kappa shape index (κ3) is 2.71. The van der Waals surface area contributed by atoms with Crippen molar-refractivity contribution >= 4 is 0 Å². The monoisotopic (exact) mass is 252 g/mol. The van der Waals surface area contributed by atoms with Crippen LogP contribution in [-0.2, 0) is 4.74 Å². The van der Waals surface area contributed by atoms with Crippen molar-refractivity contribution in [3.05, 3.63) is 35.1 Å². The molecule has 0 bridgehead atoms. The Hall–Kier alpha value is -0.970. The summed E-state index contributed by atoms with van der Waals surface area (Å²) in [6.07, 6.45) is 1.29. The van der Waals surface area contributed by atoms with Crippen LogP contribution in [0.2, 0.25) is 0 Å². The lowest BCUT2D eigenvalue weighted by Crippen LogP contribution is -2.33. The molecule has 100 valence electrons. The van der Waals surface area contributed by atoms with Crippen LogP contribution in [0.3, 0.4) is 0 Å². The van der Waals surface area contributed by atoms with E-state index in [0.717, 1.165) is 25.1 Å². The van der Waals surface area contributed by atoms with Gasteiger partial charge in [-0.3, -0.25) is 4.90 Å². The van der Waals surface area contributed by atoms with Gasteiger partial charge in [0.2, 0.25) is 0 Å². The molecule has 1 aliphatic rings. The van der Waals surface area contributed by atoms with E-state index in [1.807, 2.05) is 12.1 Å². The molecular weight excluding hydrogens is 231 g/mol. The van der Waals surface area contributed by atoms with E-state index >= 15 is 0 Å². The number of rotatable bonds is 4. The van der Waals surface area contributed by atoms with Gasteiger partial charge >= 0.3 is 0 Å². The van der Waals surface area contributed by atoms with Crippen LogP contribution < -0.4 is 5.73 Å². The van der Waals surface area contributed by atoms with Crippen LogP contribution in [0.1, 0.15) is 23.6 Å². The van der Waals surface area contributed by atoms with Gasteiger partial charge in [0.05, 0.1) is 6.10 Å². The van der Waals surface area contributed by atoms with Gasteiger partial charge in [0, 0.05) is 32.8 Å². The summed E-state index contributed by atoms with van der Waals surface area (Å²) in [5.74, 6) is -0.159. The highest BCUT2D eigenvalue weighted by Gasteiger charge is 2.28. The summed E-state index contributed by atoms with van der Waals surface area (Å²) in [5, 5.41) is 0. The van der Waals surface area contributed by atoms with Crippen molar-refractivity contribution in [3.63, 3.8) is 0 Å². The highest BCUT2D eigenvalue weighted by molar-refractivity contribution is 5.26.